The molecule has 0 N–H and O–H groups in total. The maximum atomic E-state index is 2.24. The first-order chi connectivity index (χ1) is 5.79. The highest BCUT2D eigenvalue weighted by atomic mass is 32.1. The predicted octanol–water partition coefficient (Wildman–Crippen LogP) is 3.80. The fourth-order valence-corrected chi connectivity index (χ4v) is 2.53. The van der Waals surface area contributed by atoms with Crippen molar-refractivity contribution >= 4 is 23.5 Å². The zero-order chi connectivity index (χ0) is 8.55. The molecule has 0 fully saturated rings. The van der Waals surface area contributed by atoms with E-state index in [1.807, 2.05) is 11.3 Å². The van der Waals surface area contributed by atoms with Crippen molar-refractivity contribution < 1.29 is 0 Å². The SMILES string of the molecule is Cc1sc2c(c1C)C=CCC=C2. The van der Waals surface area contributed by atoms with E-state index in [1.54, 1.807) is 0 Å². The monoisotopic (exact) mass is 176 g/mol. The lowest BCUT2D eigenvalue weighted by Crippen LogP contribution is -1.75. The van der Waals surface area contributed by atoms with Gasteiger partial charge in [0.25, 0.3) is 0 Å². The highest BCUT2D eigenvalue weighted by Gasteiger charge is 2.08. The summed E-state index contributed by atoms with van der Waals surface area (Å²) >= 11 is 1.89. The number of allylic oxidation sites excluding steroid dienone is 2. The minimum absolute atomic E-state index is 1.07. The molecule has 0 saturated carbocycles. The first-order valence-electron chi connectivity index (χ1n) is 4.22. The van der Waals surface area contributed by atoms with Gasteiger partial charge >= 0.3 is 0 Å². The van der Waals surface area contributed by atoms with Crippen LogP contribution in [0.5, 0.6) is 0 Å². The Morgan fingerprint density at radius 2 is 1.92 bits per heavy atom. The van der Waals surface area contributed by atoms with Gasteiger partial charge in [-0.15, -0.1) is 11.3 Å². The Labute approximate surface area is 77.2 Å². The van der Waals surface area contributed by atoms with E-state index in [1.165, 1.54) is 20.9 Å². The van der Waals surface area contributed by atoms with Crippen LogP contribution in [-0.4, -0.2) is 0 Å². The second-order valence-corrected chi connectivity index (χ2v) is 4.36. The van der Waals surface area contributed by atoms with E-state index in [0.717, 1.165) is 6.42 Å². The molecule has 1 aromatic heterocycles. The van der Waals surface area contributed by atoms with Crippen LogP contribution in [0.1, 0.15) is 27.3 Å². The highest BCUT2D eigenvalue weighted by Crippen LogP contribution is 2.31. The van der Waals surface area contributed by atoms with E-state index < -0.39 is 0 Å². The average Bonchev–Trinajstić information content (AvgIpc) is 2.30. The topological polar surface area (TPSA) is 0 Å². The van der Waals surface area contributed by atoms with Gasteiger partial charge < -0.3 is 0 Å². The molecule has 12 heavy (non-hydrogen) atoms. The summed E-state index contributed by atoms with van der Waals surface area (Å²) in [6, 6.07) is 0. The molecule has 0 aliphatic heterocycles. The summed E-state index contributed by atoms with van der Waals surface area (Å²) in [6.45, 7) is 4.39. The second kappa shape index (κ2) is 2.91. The lowest BCUT2D eigenvalue weighted by molar-refractivity contribution is 1.41. The van der Waals surface area contributed by atoms with E-state index in [-0.39, 0.29) is 0 Å². The maximum Gasteiger partial charge on any atom is 0.0345 e. The molecule has 62 valence electrons. The number of thiophene rings is 1. The molecule has 0 aromatic carbocycles. The van der Waals surface area contributed by atoms with Crippen LogP contribution in [0.15, 0.2) is 12.2 Å². The molecule has 0 saturated heterocycles. The van der Waals surface area contributed by atoms with Crippen LogP contribution in [0.2, 0.25) is 0 Å². The van der Waals surface area contributed by atoms with E-state index in [0.29, 0.717) is 0 Å². The van der Waals surface area contributed by atoms with Crippen LogP contribution in [0.3, 0.4) is 0 Å². The van der Waals surface area contributed by atoms with Crippen LogP contribution in [0.25, 0.3) is 12.2 Å². The largest absolute Gasteiger partial charge is 0.140 e. The Morgan fingerprint density at radius 3 is 2.75 bits per heavy atom. The smallest absolute Gasteiger partial charge is 0.0345 e. The fourth-order valence-electron chi connectivity index (χ4n) is 1.44. The summed E-state index contributed by atoms with van der Waals surface area (Å²) in [4.78, 5) is 2.86. The minimum Gasteiger partial charge on any atom is -0.140 e. The van der Waals surface area contributed by atoms with E-state index >= 15 is 0 Å². The van der Waals surface area contributed by atoms with Gasteiger partial charge in [-0.25, -0.2) is 0 Å². The number of hydrogen-bond donors (Lipinski definition) is 0. The number of aryl methyl sites for hydroxylation is 1. The van der Waals surface area contributed by atoms with Crippen molar-refractivity contribution in [3.8, 4) is 0 Å². The molecule has 1 aliphatic rings. The van der Waals surface area contributed by atoms with Gasteiger partial charge in [0.05, 0.1) is 0 Å². The quantitative estimate of drug-likeness (QED) is 0.564. The first-order valence-corrected chi connectivity index (χ1v) is 5.04. The van der Waals surface area contributed by atoms with Gasteiger partial charge in [-0.2, -0.15) is 0 Å². The lowest BCUT2D eigenvalue weighted by Gasteiger charge is -1.92. The Morgan fingerprint density at radius 1 is 1.17 bits per heavy atom. The van der Waals surface area contributed by atoms with Crippen molar-refractivity contribution in [1.82, 2.24) is 0 Å². The maximum absolute atomic E-state index is 2.24. The van der Waals surface area contributed by atoms with Crippen LogP contribution in [-0.2, 0) is 0 Å². The molecule has 1 heteroatoms. The van der Waals surface area contributed by atoms with Crippen molar-refractivity contribution in [1.29, 1.82) is 0 Å². The summed E-state index contributed by atoms with van der Waals surface area (Å²) in [6.07, 6.45) is 9.99. The van der Waals surface area contributed by atoms with Crippen LogP contribution >= 0.6 is 11.3 Å². The van der Waals surface area contributed by atoms with E-state index in [4.69, 9.17) is 0 Å². The molecule has 1 heterocycles. The molecular formula is C11H12S. The van der Waals surface area contributed by atoms with Crippen molar-refractivity contribution in [3.63, 3.8) is 0 Å². The minimum atomic E-state index is 1.07. The van der Waals surface area contributed by atoms with Crippen LogP contribution < -0.4 is 0 Å². The molecular weight excluding hydrogens is 164 g/mol. The summed E-state index contributed by atoms with van der Waals surface area (Å²) in [5, 5.41) is 0. The molecule has 1 aliphatic carbocycles. The van der Waals surface area contributed by atoms with E-state index in [2.05, 4.69) is 38.2 Å². The lowest BCUT2D eigenvalue weighted by atomic mass is 10.1. The molecule has 0 amide bonds. The third kappa shape index (κ3) is 1.14. The van der Waals surface area contributed by atoms with Crippen molar-refractivity contribution in [2.75, 3.05) is 0 Å². The molecule has 0 radical (unpaired) electrons. The second-order valence-electron chi connectivity index (χ2n) is 3.10. The van der Waals surface area contributed by atoms with Gasteiger partial charge in [0.15, 0.2) is 0 Å². The Balaban J connectivity index is 2.64. The van der Waals surface area contributed by atoms with E-state index in [9.17, 15) is 0 Å². The Kier molecular flexibility index (Phi) is 1.89. The van der Waals surface area contributed by atoms with Crippen molar-refractivity contribution in [3.05, 3.63) is 33.0 Å². The predicted molar refractivity (Wildman–Crippen MR) is 56.5 cm³/mol. The van der Waals surface area contributed by atoms with Gasteiger partial charge in [-0.1, -0.05) is 18.2 Å². The van der Waals surface area contributed by atoms with Gasteiger partial charge in [0, 0.05) is 9.75 Å². The zero-order valence-electron chi connectivity index (χ0n) is 7.42. The number of hydrogen-bond acceptors (Lipinski definition) is 1. The molecule has 2 rings (SSSR count). The first kappa shape index (κ1) is 7.81. The molecule has 0 nitrogen and oxygen atoms in total. The highest BCUT2D eigenvalue weighted by molar-refractivity contribution is 7.13. The van der Waals surface area contributed by atoms with Crippen molar-refractivity contribution in [2.24, 2.45) is 0 Å². The third-order valence-corrected chi connectivity index (χ3v) is 3.47. The summed E-state index contributed by atoms with van der Waals surface area (Å²) in [7, 11) is 0. The molecule has 0 atom stereocenters. The molecule has 0 bridgehead atoms. The van der Waals surface area contributed by atoms with Crippen LogP contribution in [0.4, 0.5) is 0 Å². The summed E-state index contributed by atoms with van der Waals surface area (Å²) in [5.74, 6) is 0. The van der Waals surface area contributed by atoms with Gasteiger partial charge in [0.1, 0.15) is 0 Å². The normalized spacial score (nSPS) is 14.5. The third-order valence-electron chi connectivity index (χ3n) is 2.29. The Hall–Kier alpha value is -0.820. The fraction of sp³-hybridized carbons (Fsp3) is 0.273. The Bertz CT molecular complexity index is 353. The molecule has 0 unspecified atom stereocenters. The standard InChI is InChI=1S/C11H12S/c1-8-9(2)12-11-7-5-3-4-6-10(8)11/h4-7H,3H2,1-2H3. The van der Waals surface area contributed by atoms with Crippen molar-refractivity contribution in [2.45, 2.75) is 20.3 Å². The van der Waals surface area contributed by atoms with Crippen LogP contribution in [0, 0.1) is 13.8 Å². The molecule has 0 spiro atoms. The number of fused-ring (bicyclic) bond motifs is 1. The van der Waals surface area contributed by atoms with Gasteiger partial charge in [-0.3, -0.25) is 0 Å². The average molecular weight is 176 g/mol. The number of rotatable bonds is 0. The van der Waals surface area contributed by atoms with Gasteiger partial charge in [-0.05, 0) is 37.5 Å². The zero-order valence-corrected chi connectivity index (χ0v) is 8.24. The van der Waals surface area contributed by atoms with Gasteiger partial charge in [0.2, 0.25) is 0 Å². The summed E-state index contributed by atoms with van der Waals surface area (Å²) < 4.78 is 0. The summed E-state index contributed by atoms with van der Waals surface area (Å²) in [5.41, 5.74) is 2.86. The molecule has 1 aromatic rings.